The van der Waals surface area contributed by atoms with Gasteiger partial charge in [0.1, 0.15) is 0 Å². The highest BCUT2D eigenvalue weighted by Crippen LogP contribution is 2.51. The number of rotatable bonds is 10. The van der Waals surface area contributed by atoms with Gasteiger partial charge in [0.15, 0.2) is 17.5 Å². The van der Waals surface area contributed by atoms with Crippen LogP contribution in [0.2, 0.25) is 0 Å². The van der Waals surface area contributed by atoms with Crippen molar-refractivity contribution in [1.82, 2.24) is 19.9 Å². The average Bonchev–Trinajstić information content (AvgIpc) is 3.35. The fourth-order valence-electron chi connectivity index (χ4n) is 8.56. The molecule has 7 aromatic carbocycles. The van der Waals surface area contributed by atoms with Crippen molar-refractivity contribution < 1.29 is 0 Å². The zero-order chi connectivity index (χ0) is 47.6. The van der Waals surface area contributed by atoms with Gasteiger partial charge in [-0.3, -0.25) is 4.98 Å². The summed E-state index contributed by atoms with van der Waals surface area (Å²) >= 11 is 0. The first-order valence-corrected chi connectivity index (χ1v) is 23.5. The third kappa shape index (κ3) is 9.72. The smallest absolute Gasteiger partial charge is 0.164 e. The van der Waals surface area contributed by atoms with Crippen LogP contribution in [0.1, 0.15) is 79.0 Å². The van der Waals surface area contributed by atoms with Gasteiger partial charge in [-0.25, -0.2) is 15.0 Å². The SMILES string of the molecule is CC(C)(C)c1ccc(N(c2ccccc2)c2cc(C(C)(C)C)cc(N(c3ccc(-c4nc(-c5ccccc5)nc(-c5ccccc5)n4)cc3)c3ccc(C(C)(C)C)cc3)c2-c2ccncc2)cc1. The summed E-state index contributed by atoms with van der Waals surface area (Å²) in [5.41, 5.74) is 14.7. The fourth-order valence-corrected chi connectivity index (χ4v) is 8.56. The molecule has 0 saturated carbocycles. The molecule has 338 valence electrons. The van der Waals surface area contributed by atoms with Crippen molar-refractivity contribution in [2.45, 2.75) is 78.6 Å². The molecule has 2 heterocycles. The molecule has 0 aliphatic heterocycles. The third-order valence-corrected chi connectivity index (χ3v) is 12.5. The number of benzene rings is 7. The summed E-state index contributed by atoms with van der Waals surface area (Å²) in [4.78, 5) is 24.5. The molecule has 0 bridgehead atoms. The van der Waals surface area contributed by atoms with E-state index in [1.165, 1.54) is 16.7 Å². The first kappa shape index (κ1) is 45.5. The first-order valence-electron chi connectivity index (χ1n) is 23.5. The van der Waals surface area contributed by atoms with E-state index in [0.717, 1.165) is 61.9 Å². The lowest BCUT2D eigenvalue weighted by Crippen LogP contribution is -2.20. The van der Waals surface area contributed by atoms with Gasteiger partial charge in [0.05, 0.1) is 11.4 Å². The van der Waals surface area contributed by atoms with E-state index in [9.17, 15) is 0 Å². The van der Waals surface area contributed by atoms with Crippen molar-refractivity contribution in [2.24, 2.45) is 0 Å². The Morgan fingerprint density at radius 3 is 1.00 bits per heavy atom. The fraction of sp³-hybridized carbons (Fsp3) is 0.194. The molecule has 0 N–H and O–H groups in total. The topological polar surface area (TPSA) is 58.0 Å². The van der Waals surface area contributed by atoms with Crippen LogP contribution >= 0.6 is 0 Å². The zero-order valence-electron chi connectivity index (χ0n) is 40.7. The van der Waals surface area contributed by atoms with Crippen molar-refractivity contribution >= 4 is 34.1 Å². The van der Waals surface area contributed by atoms with Crippen molar-refractivity contribution in [1.29, 1.82) is 0 Å². The summed E-state index contributed by atoms with van der Waals surface area (Å²) in [5, 5.41) is 0. The maximum atomic E-state index is 5.08. The lowest BCUT2D eigenvalue weighted by molar-refractivity contribution is 0.589. The Morgan fingerprint density at radius 2 is 0.632 bits per heavy atom. The quantitative estimate of drug-likeness (QED) is 0.136. The number of pyridine rings is 1. The van der Waals surface area contributed by atoms with Gasteiger partial charge < -0.3 is 9.80 Å². The molecule has 0 atom stereocenters. The minimum atomic E-state index is -0.212. The minimum Gasteiger partial charge on any atom is -0.310 e. The molecule has 0 fully saturated rings. The van der Waals surface area contributed by atoms with Crippen molar-refractivity contribution in [3.63, 3.8) is 0 Å². The van der Waals surface area contributed by atoms with Crippen LogP contribution in [0.5, 0.6) is 0 Å². The Labute approximate surface area is 403 Å². The van der Waals surface area contributed by atoms with Gasteiger partial charge in [-0.1, -0.05) is 165 Å². The number of hydrogen-bond donors (Lipinski definition) is 0. The number of anilines is 6. The normalized spacial score (nSPS) is 11.9. The Balaban J connectivity index is 1.30. The predicted octanol–water partition coefficient (Wildman–Crippen LogP) is 16.8. The monoisotopic (exact) mass is 888 g/mol. The molecule has 0 radical (unpaired) electrons. The molecule has 6 heteroatoms. The van der Waals surface area contributed by atoms with Crippen molar-refractivity contribution in [3.05, 3.63) is 217 Å². The molecule has 68 heavy (non-hydrogen) atoms. The van der Waals surface area contributed by atoms with Gasteiger partial charge in [-0.2, -0.15) is 0 Å². The van der Waals surface area contributed by atoms with E-state index in [4.69, 9.17) is 15.0 Å². The van der Waals surface area contributed by atoms with Gasteiger partial charge in [-0.15, -0.1) is 0 Å². The zero-order valence-corrected chi connectivity index (χ0v) is 40.7. The summed E-state index contributed by atoms with van der Waals surface area (Å²) in [7, 11) is 0. The number of para-hydroxylation sites is 1. The molecule has 9 rings (SSSR count). The van der Waals surface area contributed by atoms with Crippen LogP contribution in [0.25, 0.3) is 45.3 Å². The summed E-state index contributed by atoms with van der Waals surface area (Å²) in [6, 6.07) is 66.8. The largest absolute Gasteiger partial charge is 0.310 e. The molecule has 9 aromatic rings. The summed E-state index contributed by atoms with van der Waals surface area (Å²) in [6.07, 6.45) is 3.79. The Morgan fingerprint density at radius 1 is 0.309 bits per heavy atom. The second-order valence-corrected chi connectivity index (χ2v) is 20.6. The molecule has 0 spiro atoms. The highest BCUT2D eigenvalue weighted by molar-refractivity contribution is 5.99. The Kier molecular flexibility index (Phi) is 12.4. The molecule has 2 aromatic heterocycles. The van der Waals surface area contributed by atoms with Gasteiger partial charge in [0, 0.05) is 57.4 Å². The van der Waals surface area contributed by atoms with Crippen molar-refractivity contribution in [3.8, 4) is 45.3 Å². The second-order valence-electron chi connectivity index (χ2n) is 20.6. The maximum Gasteiger partial charge on any atom is 0.164 e. The second kappa shape index (κ2) is 18.5. The van der Waals surface area contributed by atoms with E-state index in [2.05, 4.69) is 204 Å². The van der Waals surface area contributed by atoms with Gasteiger partial charge >= 0.3 is 0 Å². The standard InChI is InChI=1S/C62H60N6/c1-60(2,3)47-27-33-52(34-28-47)67(50-23-17-12-18-24-50)54-41-49(62(7,8)9)42-55(56(54)43-37-39-63-40-38-43)68(53-35-29-48(30-36-53)61(4,5)6)51-31-25-46(26-32-51)59-65-57(44-19-13-10-14-20-44)64-58(66-59)45-21-15-11-16-22-45/h10-42H,1-9H3. The van der Waals surface area contributed by atoms with Crippen LogP contribution in [-0.4, -0.2) is 19.9 Å². The minimum absolute atomic E-state index is 0.00804. The first-order chi connectivity index (χ1) is 32.6. The molecular weight excluding hydrogens is 829 g/mol. The molecule has 0 aliphatic rings. The molecule has 0 unspecified atom stereocenters. The van der Waals surface area contributed by atoms with E-state index < -0.39 is 0 Å². The summed E-state index contributed by atoms with van der Waals surface area (Å²) in [5.74, 6) is 1.86. The summed E-state index contributed by atoms with van der Waals surface area (Å²) in [6.45, 7) is 20.5. The van der Waals surface area contributed by atoms with Crippen LogP contribution in [0, 0.1) is 0 Å². The van der Waals surface area contributed by atoms with E-state index in [1.54, 1.807) is 0 Å². The highest BCUT2D eigenvalue weighted by Gasteiger charge is 2.29. The Bertz CT molecular complexity index is 3050. The van der Waals surface area contributed by atoms with Crippen LogP contribution in [0.3, 0.4) is 0 Å². The Hall–Kier alpha value is -7.70. The van der Waals surface area contributed by atoms with Gasteiger partial charge in [0.25, 0.3) is 0 Å². The predicted molar refractivity (Wildman–Crippen MR) is 285 cm³/mol. The van der Waals surface area contributed by atoms with Crippen LogP contribution in [-0.2, 0) is 16.2 Å². The van der Waals surface area contributed by atoms with E-state index in [-0.39, 0.29) is 16.2 Å². The van der Waals surface area contributed by atoms with Crippen LogP contribution < -0.4 is 9.80 Å². The lowest BCUT2D eigenvalue weighted by atomic mass is 9.83. The lowest BCUT2D eigenvalue weighted by Gasteiger charge is -2.35. The van der Waals surface area contributed by atoms with E-state index >= 15 is 0 Å². The molecule has 0 saturated heterocycles. The van der Waals surface area contributed by atoms with E-state index in [1.807, 2.05) is 73.1 Å². The third-order valence-electron chi connectivity index (χ3n) is 12.5. The van der Waals surface area contributed by atoms with Crippen LogP contribution in [0.15, 0.2) is 200 Å². The number of hydrogen-bond acceptors (Lipinski definition) is 6. The maximum absolute atomic E-state index is 5.08. The van der Waals surface area contributed by atoms with Gasteiger partial charge in [0.2, 0.25) is 0 Å². The van der Waals surface area contributed by atoms with Gasteiger partial charge in [-0.05, 0) is 123 Å². The van der Waals surface area contributed by atoms with E-state index in [0.29, 0.717) is 17.5 Å². The molecular formula is C62H60N6. The average molecular weight is 889 g/mol. The highest BCUT2D eigenvalue weighted by atomic mass is 15.2. The summed E-state index contributed by atoms with van der Waals surface area (Å²) < 4.78 is 0. The van der Waals surface area contributed by atoms with Crippen molar-refractivity contribution in [2.75, 3.05) is 9.80 Å². The molecule has 0 amide bonds. The molecule has 6 nitrogen and oxygen atoms in total. The molecule has 0 aliphatic carbocycles. The number of nitrogens with zero attached hydrogens (tertiary/aromatic N) is 6. The van der Waals surface area contributed by atoms with Crippen LogP contribution in [0.4, 0.5) is 34.1 Å². The number of aromatic nitrogens is 4.